The summed E-state index contributed by atoms with van der Waals surface area (Å²) in [6.07, 6.45) is 0.280. The molecule has 0 spiro atoms. The van der Waals surface area contributed by atoms with Gasteiger partial charge in [-0.2, -0.15) is 5.10 Å². The first-order valence-corrected chi connectivity index (χ1v) is 15.3. The summed E-state index contributed by atoms with van der Waals surface area (Å²) in [6, 6.07) is 7.50. The van der Waals surface area contributed by atoms with Crippen LogP contribution in [0.2, 0.25) is 0 Å². The van der Waals surface area contributed by atoms with Gasteiger partial charge in [0.2, 0.25) is 11.8 Å². The van der Waals surface area contributed by atoms with Gasteiger partial charge in [0.05, 0.1) is 30.1 Å². The lowest BCUT2D eigenvalue weighted by Crippen LogP contribution is -2.61. The van der Waals surface area contributed by atoms with Gasteiger partial charge in [0.15, 0.2) is 0 Å². The Balaban J connectivity index is 1.52. The van der Waals surface area contributed by atoms with Crippen LogP contribution in [-0.4, -0.2) is 88.8 Å². The van der Waals surface area contributed by atoms with E-state index in [0.717, 1.165) is 17.0 Å². The molecule has 4 amide bonds. The Morgan fingerprint density at radius 3 is 2.53 bits per heavy atom. The molecule has 13 heteroatoms. The second-order valence-electron chi connectivity index (χ2n) is 11.8. The molecule has 1 fully saturated rings. The van der Waals surface area contributed by atoms with Gasteiger partial charge in [0.25, 0.3) is 5.91 Å². The van der Waals surface area contributed by atoms with E-state index in [1.54, 1.807) is 45.2 Å². The van der Waals surface area contributed by atoms with Crippen LogP contribution in [0.3, 0.4) is 0 Å². The van der Waals surface area contributed by atoms with Crippen molar-refractivity contribution in [2.24, 2.45) is 10.5 Å². The Morgan fingerprint density at radius 2 is 1.88 bits per heavy atom. The molecule has 43 heavy (non-hydrogen) atoms. The van der Waals surface area contributed by atoms with Gasteiger partial charge in [-0.3, -0.25) is 14.4 Å². The lowest BCUT2D eigenvalue weighted by atomic mass is 9.74. The number of ether oxygens (including phenoxy) is 2. The summed E-state index contributed by atoms with van der Waals surface area (Å²) in [4.78, 5) is 59.3. The van der Waals surface area contributed by atoms with Crippen molar-refractivity contribution >= 4 is 40.9 Å². The first-order chi connectivity index (χ1) is 20.4. The fourth-order valence-electron chi connectivity index (χ4n) is 5.24. The third-order valence-corrected chi connectivity index (χ3v) is 7.95. The minimum atomic E-state index is -1.06. The van der Waals surface area contributed by atoms with Gasteiger partial charge in [-0.1, -0.05) is 37.3 Å². The summed E-state index contributed by atoms with van der Waals surface area (Å²) >= 11 is 1.44. The van der Waals surface area contributed by atoms with Crippen molar-refractivity contribution in [3.05, 3.63) is 52.5 Å². The van der Waals surface area contributed by atoms with Crippen LogP contribution < -0.4 is 10.6 Å². The Kier molecular flexibility index (Phi) is 10.2. The van der Waals surface area contributed by atoms with E-state index in [1.807, 2.05) is 35.7 Å². The van der Waals surface area contributed by atoms with Gasteiger partial charge >= 0.3 is 6.09 Å². The van der Waals surface area contributed by atoms with E-state index in [4.69, 9.17) is 9.47 Å². The van der Waals surface area contributed by atoms with Gasteiger partial charge in [-0.05, 0) is 32.8 Å². The zero-order valence-electron chi connectivity index (χ0n) is 25.3. The first kappa shape index (κ1) is 32.1. The van der Waals surface area contributed by atoms with Crippen molar-refractivity contribution < 1.29 is 28.7 Å². The Hall–Kier alpha value is -3.84. The zero-order chi connectivity index (χ0) is 31.2. The number of carbonyl (C=O) groups excluding carboxylic acids is 4. The molecule has 232 valence electrons. The molecule has 0 aliphatic carbocycles. The molecule has 1 aromatic carbocycles. The molecular weight excluding hydrogens is 572 g/mol. The molecule has 1 aromatic heterocycles. The third-order valence-electron chi connectivity index (χ3n) is 7.31. The molecule has 1 saturated heterocycles. The lowest BCUT2D eigenvalue weighted by Gasteiger charge is -2.40. The van der Waals surface area contributed by atoms with Crippen molar-refractivity contribution in [1.29, 1.82) is 0 Å². The van der Waals surface area contributed by atoms with E-state index < -0.39 is 35.1 Å². The maximum absolute atomic E-state index is 14.1. The Labute approximate surface area is 255 Å². The molecule has 0 bridgehead atoms. The maximum Gasteiger partial charge on any atom is 0.408 e. The number of likely N-dealkylation sites (tertiary alicyclic amines) is 1. The Morgan fingerprint density at radius 1 is 1.14 bits per heavy atom. The van der Waals surface area contributed by atoms with Crippen molar-refractivity contribution in [1.82, 2.24) is 25.5 Å². The summed E-state index contributed by atoms with van der Waals surface area (Å²) in [6.45, 7) is 7.51. The van der Waals surface area contributed by atoms with E-state index in [1.165, 1.54) is 16.3 Å². The molecule has 2 N–H and O–H groups in total. The number of piperidine rings is 1. The zero-order valence-corrected chi connectivity index (χ0v) is 26.1. The number of carbonyl (C=O) groups is 4. The number of amides is 4. The van der Waals surface area contributed by atoms with Crippen LogP contribution in [0.4, 0.5) is 4.79 Å². The highest BCUT2D eigenvalue weighted by Gasteiger charge is 2.54. The van der Waals surface area contributed by atoms with E-state index in [2.05, 4.69) is 20.7 Å². The number of hydrogen-bond donors (Lipinski definition) is 2. The van der Waals surface area contributed by atoms with E-state index >= 15 is 0 Å². The summed E-state index contributed by atoms with van der Waals surface area (Å²) in [7, 11) is 1.62. The molecule has 0 saturated carbocycles. The average molecular weight is 613 g/mol. The van der Waals surface area contributed by atoms with Crippen molar-refractivity contribution in [3.63, 3.8) is 0 Å². The van der Waals surface area contributed by atoms with Crippen LogP contribution in [0, 0.1) is 5.41 Å². The van der Waals surface area contributed by atoms with Crippen LogP contribution in [0.15, 0.2) is 46.3 Å². The number of benzene rings is 1. The number of nitrogens with zero attached hydrogens (tertiary/aromatic N) is 4. The average Bonchev–Trinajstić information content (AvgIpc) is 3.55. The minimum Gasteiger partial charge on any atom is -0.444 e. The smallest absolute Gasteiger partial charge is 0.408 e. The van der Waals surface area contributed by atoms with Gasteiger partial charge in [-0.25, -0.2) is 14.8 Å². The number of thiazole rings is 1. The number of aromatic nitrogens is 1. The summed E-state index contributed by atoms with van der Waals surface area (Å²) in [5.41, 5.74) is 2.35. The van der Waals surface area contributed by atoms with Crippen LogP contribution in [-0.2, 0) is 36.9 Å². The molecule has 0 radical (unpaired) electrons. The van der Waals surface area contributed by atoms with Crippen LogP contribution in [0.25, 0.3) is 0 Å². The van der Waals surface area contributed by atoms with Gasteiger partial charge < -0.3 is 25.0 Å². The fourth-order valence-corrected chi connectivity index (χ4v) is 5.80. The molecule has 4 rings (SSSR count). The second kappa shape index (κ2) is 13.6. The quantitative estimate of drug-likeness (QED) is 0.397. The van der Waals surface area contributed by atoms with Crippen LogP contribution in [0.5, 0.6) is 0 Å². The first-order valence-electron chi connectivity index (χ1n) is 14.4. The van der Waals surface area contributed by atoms with E-state index in [-0.39, 0.29) is 38.0 Å². The van der Waals surface area contributed by atoms with Gasteiger partial charge in [0.1, 0.15) is 23.1 Å². The second-order valence-corrected chi connectivity index (χ2v) is 12.5. The molecule has 3 atom stereocenters. The van der Waals surface area contributed by atoms with Crippen molar-refractivity contribution in [2.75, 3.05) is 26.7 Å². The normalized spacial score (nSPS) is 19.7. The highest BCUT2D eigenvalue weighted by Crippen LogP contribution is 2.38. The standard InChI is InChI=1S/C30H40N6O6S/c1-6-22(33-28(40)42-29(2,3)4)25(37)32-23(16-41-15-20-10-8-7-9-11-20)26(38)36-13-12-24-30(18-36,27(39)35(5)34-24)14-21-17-43-19-31-21/h7-11,17,19,22-23H,6,12-16,18H2,1-5H3,(H,32,37)(H,33,40)/t22?,23-,30?/m1/s1. The topological polar surface area (TPSA) is 143 Å². The molecular formula is C30H40N6O6S. The predicted molar refractivity (Wildman–Crippen MR) is 161 cm³/mol. The molecule has 2 aromatic rings. The summed E-state index contributed by atoms with van der Waals surface area (Å²) in [5, 5.41) is 13.1. The number of nitrogens with one attached hydrogen (secondary N) is 2. The van der Waals surface area contributed by atoms with Crippen LogP contribution >= 0.6 is 11.3 Å². The number of hydrazone groups is 1. The summed E-state index contributed by atoms with van der Waals surface area (Å²) in [5.74, 6) is -1.11. The molecule has 12 nitrogen and oxygen atoms in total. The van der Waals surface area contributed by atoms with Gasteiger partial charge in [-0.15, -0.1) is 11.3 Å². The van der Waals surface area contributed by atoms with Crippen molar-refractivity contribution in [2.45, 2.75) is 71.2 Å². The molecule has 2 aliphatic rings. The highest BCUT2D eigenvalue weighted by molar-refractivity contribution is 7.07. The third kappa shape index (κ3) is 7.96. The summed E-state index contributed by atoms with van der Waals surface area (Å²) < 4.78 is 11.2. The monoisotopic (exact) mass is 612 g/mol. The maximum atomic E-state index is 14.1. The number of fused-ring (bicyclic) bond motifs is 1. The lowest BCUT2D eigenvalue weighted by molar-refractivity contribution is -0.143. The molecule has 2 aliphatic heterocycles. The van der Waals surface area contributed by atoms with E-state index in [0.29, 0.717) is 19.4 Å². The Bertz CT molecular complexity index is 1330. The van der Waals surface area contributed by atoms with Crippen molar-refractivity contribution in [3.8, 4) is 0 Å². The highest BCUT2D eigenvalue weighted by atomic mass is 32.1. The number of hydrogen-bond acceptors (Lipinski definition) is 9. The number of alkyl carbamates (subject to hydrolysis) is 1. The number of rotatable bonds is 11. The minimum absolute atomic E-state index is 0.101. The predicted octanol–water partition coefficient (Wildman–Crippen LogP) is 2.74. The largest absolute Gasteiger partial charge is 0.444 e. The van der Waals surface area contributed by atoms with Crippen LogP contribution in [0.1, 0.15) is 51.8 Å². The SMILES string of the molecule is CCC(NC(=O)OC(C)(C)C)C(=O)N[C@H](COCc1ccccc1)C(=O)N1CCC2=NN(C)C(=O)C2(Cc2cscn2)C1. The molecule has 3 heterocycles. The fraction of sp³-hybridized carbons (Fsp3) is 0.533. The van der Waals surface area contributed by atoms with Gasteiger partial charge in [0, 0.05) is 38.4 Å². The molecule has 2 unspecified atom stereocenters. The van der Waals surface area contributed by atoms with E-state index in [9.17, 15) is 19.2 Å².